The van der Waals surface area contributed by atoms with Crippen molar-refractivity contribution in [3.05, 3.63) is 70.7 Å². The van der Waals surface area contributed by atoms with Gasteiger partial charge in [-0.3, -0.25) is 4.79 Å². The van der Waals surface area contributed by atoms with E-state index in [0.29, 0.717) is 36.6 Å². The number of rotatable bonds is 6. The second-order valence-corrected chi connectivity index (χ2v) is 7.84. The average molecular weight is 416 g/mol. The van der Waals surface area contributed by atoms with Crippen molar-refractivity contribution in [2.45, 2.75) is 25.5 Å². The Morgan fingerprint density at radius 3 is 2.66 bits per heavy atom. The Kier molecular flexibility index (Phi) is 7.12. The SMILES string of the molecule is NC(=O)N1CCCC(C(=O)N(Cc2ccccc2)CC(O)c2cccc(Cl)c2)C1. The zero-order valence-corrected chi connectivity index (χ0v) is 17.0. The molecule has 1 fully saturated rings. The highest BCUT2D eigenvalue weighted by molar-refractivity contribution is 6.30. The van der Waals surface area contributed by atoms with Gasteiger partial charge in [-0.15, -0.1) is 0 Å². The zero-order chi connectivity index (χ0) is 20.8. The van der Waals surface area contributed by atoms with Gasteiger partial charge in [0.15, 0.2) is 0 Å². The fourth-order valence-electron chi connectivity index (χ4n) is 3.70. The van der Waals surface area contributed by atoms with Crippen LogP contribution in [0.4, 0.5) is 4.79 Å². The number of aliphatic hydroxyl groups is 1. The minimum Gasteiger partial charge on any atom is -0.387 e. The van der Waals surface area contributed by atoms with E-state index in [9.17, 15) is 14.7 Å². The van der Waals surface area contributed by atoms with E-state index in [-0.39, 0.29) is 18.4 Å². The van der Waals surface area contributed by atoms with Crippen LogP contribution in [0.2, 0.25) is 5.02 Å². The molecule has 154 valence electrons. The second-order valence-electron chi connectivity index (χ2n) is 7.40. The molecular formula is C22H26ClN3O3. The second kappa shape index (κ2) is 9.76. The standard InChI is InChI=1S/C22H26ClN3O3/c23-19-10-4-8-17(12-19)20(27)15-26(13-16-6-2-1-3-7-16)21(28)18-9-5-11-25(14-18)22(24)29/h1-4,6-8,10,12,18,20,27H,5,9,11,13-15H2,(H2,24,29). The predicted molar refractivity (Wildman–Crippen MR) is 112 cm³/mol. The fraction of sp³-hybridized carbons (Fsp3) is 0.364. The van der Waals surface area contributed by atoms with Gasteiger partial charge in [-0.1, -0.05) is 54.1 Å². The van der Waals surface area contributed by atoms with E-state index < -0.39 is 12.1 Å². The maximum atomic E-state index is 13.3. The van der Waals surface area contributed by atoms with E-state index in [0.717, 1.165) is 12.0 Å². The zero-order valence-electron chi connectivity index (χ0n) is 16.2. The first kappa shape index (κ1) is 21.1. The number of carbonyl (C=O) groups is 2. The molecule has 2 aromatic rings. The molecule has 7 heteroatoms. The summed E-state index contributed by atoms with van der Waals surface area (Å²) in [6.45, 7) is 1.40. The Morgan fingerprint density at radius 1 is 1.21 bits per heavy atom. The lowest BCUT2D eigenvalue weighted by Crippen LogP contribution is -2.48. The number of hydrogen-bond acceptors (Lipinski definition) is 3. The quantitative estimate of drug-likeness (QED) is 0.759. The van der Waals surface area contributed by atoms with Gasteiger partial charge in [-0.25, -0.2) is 4.79 Å². The fourth-order valence-corrected chi connectivity index (χ4v) is 3.90. The number of likely N-dealkylation sites (tertiary alicyclic amines) is 1. The van der Waals surface area contributed by atoms with Gasteiger partial charge < -0.3 is 20.6 Å². The molecule has 1 saturated heterocycles. The lowest BCUT2D eigenvalue weighted by molar-refractivity contribution is -0.139. The van der Waals surface area contributed by atoms with Crippen molar-refractivity contribution in [3.63, 3.8) is 0 Å². The number of nitrogens with two attached hydrogens (primary N) is 1. The number of hydrogen-bond donors (Lipinski definition) is 2. The normalized spacial score (nSPS) is 17.6. The van der Waals surface area contributed by atoms with Crippen molar-refractivity contribution in [2.24, 2.45) is 11.7 Å². The minimum absolute atomic E-state index is 0.0825. The van der Waals surface area contributed by atoms with Crippen molar-refractivity contribution in [3.8, 4) is 0 Å². The largest absolute Gasteiger partial charge is 0.387 e. The Morgan fingerprint density at radius 2 is 1.97 bits per heavy atom. The van der Waals surface area contributed by atoms with Crippen LogP contribution in [0.25, 0.3) is 0 Å². The Bertz CT molecular complexity index is 846. The van der Waals surface area contributed by atoms with Gasteiger partial charge >= 0.3 is 6.03 Å². The van der Waals surface area contributed by atoms with E-state index in [4.69, 9.17) is 17.3 Å². The number of benzene rings is 2. The van der Waals surface area contributed by atoms with Crippen LogP contribution >= 0.6 is 11.6 Å². The predicted octanol–water partition coefficient (Wildman–Crippen LogP) is 3.19. The van der Waals surface area contributed by atoms with Crippen LogP contribution in [0.15, 0.2) is 54.6 Å². The van der Waals surface area contributed by atoms with Gasteiger partial charge in [0.05, 0.1) is 18.6 Å². The molecule has 3 N–H and O–H groups in total. The van der Waals surface area contributed by atoms with Gasteiger partial charge in [0.1, 0.15) is 0 Å². The van der Waals surface area contributed by atoms with E-state index in [2.05, 4.69) is 0 Å². The summed E-state index contributed by atoms with van der Waals surface area (Å²) in [5, 5.41) is 11.3. The summed E-state index contributed by atoms with van der Waals surface area (Å²) in [7, 11) is 0. The molecule has 0 bridgehead atoms. The topological polar surface area (TPSA) is 86.9 Å². The van der Waals surface area contributed by atoms with E-state index in [1.54, 1.807) is 29.2 Å². The van der Waals surface area contributed by atoms with Crippen LogP contribution < -0.4 is 5.73 Å². The number of halogens is 1. The third kappa shape index (κ3) is 5.71. The van der Waals surface area contributed by atoms with Crippen LogP contribution in [0, 0.1) is 5.92 Å². The van der Waals surface area contributed by atoms with Crippen molar-refractivity contribution in [1.29, 1.82) is 0 Å². The summed E-state index contributed by atoms with van der Waals surface area (Å²) in [4.78, 5) is 28.0. The summed E-state index contributed by atoms with van der Waals surface area (Å²) in [5.74, 6) is -0.410. The third-order valence-electron chi connectivity index (χ3n) is 5.24. The Balaban J connectivity index is 1.78. The van der Waals surface area contributed by atoms with E-state index in [1.807, 2.05) is 30.3 Å². The van der Waals surface area contributed by atoms with Crippen LogP contribution in [-0.2, 0) is 11.3 Å². The summed E-state index contributed by atoms with van der Waals surface area (Å²) in [6.07, 6.45) is 0.563. The molecule has 2 unspecified atom stereocenters. The number of aliphatic hydroxyl groups excluding tert-OH is 1. The van der Waals surface area contributed by atoms with Crippen molar-refractivity contribution < 1.29 is 14.7 Å². The lowest BCUT2D eigenvalue weighted by Gasteiger charge is -2.35. The molecule has 0 saturated carbocycles. The highest BCUT2D eigenvalue weighted by atomic mass is 35.5. The molecule has 0 spiro atoms. The number of nitrogens with zero attached hydrogens (tertiary/aromatic N) is 2. The summed E-state index contributed by atoms with van der Waals surface area (Å²) in [5.41, 5.74) is 7.04. The molecule has 1 aliphatic heterocycles. The van der Waals surface area contributed by atoms with Crippen LogP contribution in [0.5, 0.6) is 0 Å². The van der Waals surface area contributed by atoms with Crippen LogP contribution in [0.3, 0.4) is 0 Å². The van der Waals surface area contributed by atoms with Gasteiger partial charge in [0.25, 0.3) is 0 Å². The van der Waals surface area contributed by atoms with Crippen molar-refractivity contribution in [1.82, 2.24) is 9.80 Å². The number of piperidine rings is 1. The average Bonchev–Trinajstić information content (AvgIpc) is 2.73. The first-order valence-corrected chi connectivity index (χ1v) is 10.1. The third-order valence-corrected chi connectivity index (χ3v) is 5.47. The lowest BCUT2D eigenvalue weighted by atomic mass is 9.96. The molecule has 29 heavy (non-hydrogen) atoms. The van der Waals surface area contributed by atoms with Crippen molar-refractivity contribution >= 4 is 23.5 Å². The number of primary amides is 1. The maximum Gasteiger partial charge on any atom is 0.314 e. The monoisotopic (exact) mass is 415 g/mol. The first-order chi connectivity index (χ1) is 13.9. The molecule has 3 amide bonds. The molecule has 0 radical (unpaired) electrons. The highest BCUT2D eigenvalue weighted by Gasteiger charge is 2.31. The molecule has 6 nitrogen and oxygen atoms in total. The number of carbonyl (C=O) groups excluding carboxylic acids is 2. The molecular weight excluding hydrogens is 390 g/mol. The number of amides is 3. The molecule has 2 atom stereocenters. The Labute approximate surface area is 175 Å². The van der Waals surface area contributed by atoms with E-state index >= 15 is 0 Å². The summed E-state index contributed by atoms with van der Waals surface area (Å²) in [6, 6.07) is 16.1. The van der Waals surface area contributed by atoms with Crippen molar-refractivity contribution in [2.75, 3.05) is 19.6 Å². The van der Waals surface area contributed by atoms with Crippen LogP contribution in [-0.4, -0.2) is 46.5 Å². The smallest absolute Gasteiger partial charge is 0.314 e. The molecule has 1 heterocycles. The van der Waals surface area contributed by atoms with Gasteiger partial charge in [0.2, 0.25) is 5.91 Å². The minimum atomic E-state index is -0.864. The maximum absolute atomic E-state index is 13.3. The van der Waals surface area contributed by atoms with Gasteiger partial charge in [-0.05, 0) is 36.1 Å². The first-order valence-electron chi connectivity index (χ1n) is 9.74. The Hall–Kier alpha value is -2.57. The number of urea groups is 1. The molecule has 2 aromatic carbocycles. The molecule has 3 rings (SSSR count). The summed E-state index contributed by atoms with van der Waals surface area (Å²) < 4.78 is 0. The summed E-state index contributed by atoms with van der Waals surface area (Å²) >= 11 is 6.04. The molecule has 0 aliphatic carbocycles. The van der Waals surface area contributed by atoms with Crippen LogP contribution in [0.1, 0.15) is 30.1 Å². The van der Waals surface area contributed by atoms with Gasteiger partial charge in [-0.2, -0.15) is 0 Å². The molecule has 1 aliphatic rings. The molecule has 0 aromatic heterocycles. The van der Waals surface area contributed by atoms with Gasteiger partial charge in [0, 0.05) is 24.7 Å². The highest BCUT2D eigenvalue weighted by Crippen LogP contribution is 2.24. The van der Waals surface area contributed by atoms with E-state index in [1.165, 1.54) is 4.90 Å².